The molecule has 116 valence electrons. The number of benzene rings is 2. The standard InChI is InChI=1S/C19H17ClN2O/c20-16-9-5-4-8-15(16)12-17-21-18(23-22-17)19(10-11-19)13-14-6-2-1-3-7-14/h1-9H,10-13H2. The number of aromatic nitrogens is 2. The molecule has 0 amide bonds. The third kappa shape index (κ3) is 3.02. The minimum absolute atomic E-state index is 0.0348. The van der Waals surface area contributed by atoms with Crippen molar-refractivity contribution in [1.29, 1.82) is 0 Å². The molecule has 0 saturated heterocycles. The second-order valence-corrected chi connectivity index (χ2v) is 6.63. The summed E-state index contributed by atoms with van der Waals surface area (Å²) in [6.07, 6.45) is 3.78. The van der Waals surface area contributed by atoms with Gasteiger partial charge in [-0.25, -0.2) is 0 Å². The summed E-state index contributed by atoms with van der Waals surface area (Å²) in [5, 5.41) is 4.90. The van der Waals surface area contributed by atoms with Gasteiger partial charge in [0.1, 0.15) is 0 Å². The van der Waals surface area contributed by atoms with Crippen LogP contribution in [0.15, 0.2) is 59.1 Å². The van der Waals surface area contributed by atoms with E-state index in [9.17, 15) is 0 Å². The van der Waals surface area contributed by atoms with Crippen LogP contribution in [0.25, 0.3) is 0 Å². The molecule has 0 radical (unpaired) electrons. The first kappa shape index (κ1) is 14.5. The van der Waals surface area contributed by atoms with Crippen molar-refractivity contribution in [3.05, 3.63) is 82.5 Å². The summed E-state index contributed by atoms with van der Waals surface area (Å²) in [6.45, 7) is 0. The zero-order valence-electron chi connectivity index (χ0n) is 12.7. The predicted octanol–water partition coefficient (Wildman–Crippen LogP) is 4.59. The third-order valence-corrected chi connectivity index (χ3v) is 4.84. The van der Waals surface area contributed by atoms with Gasteiger partial charge >= 0.3 is 0 Å². The van der Waals surface area contributed by atoms with Gasteiger partial charge in [0, 0.05) is 11.4 Å². The highest BCUT2D eigenvalue weighted by molar-refractivity contribution is 6.31. The Labute approximate surface area is 140 Å². The Morgan fingerprint density at radius 2 is 1.74 bits per heavy atom. The van der Waals surface area contributed by atoms with Crippen LogP contribution >= 0.6 is 11.6 Å². The zero-order valence-corrected chi connectivity index (χ0v) is 13.5. The van der Waals surface area contributed by atoms with Crippen LogP contribution in [-0.2, 0) is 18.3 Å². The van der Waals surface area contributed by atoms with Crippen LogP contribution in [0.1, 0.15) is 35.7 Å². The molecule has 0 N–H and O–H groups in total. The van der Waals surface area contributed by atoms with Crippen LogP contribution in [0.4, 0.5) is 0 Å². The summed E-state index contributed by atoms with van der Waals surface area (Å²) in [5.41, 5.74) is 2.37. The van der Waals surface area contributed by atoms with Crippen molar-refractivity contribution in [3.8, 4) is 0 Å². The van der Waals surface area contributed by atoms with Gasteiger partial charge in [-0.3, -0.25) is 0 Å². The van der Waals surface area contributed by atoms with Gasteiger partial charge < -0.3 is 4.52 Å². The second kappa shape index (κ2) is 5.82. The van der Waals surface area contributed by atoms with E-state index in [0.717, 1.165) is 35.7 Å². The van der Waals surface area contributed by atoms with E-state index < -0.39 is 0 Å². The Morgan fingerprint density at radius 3 is 2.48 bits per heavy atom. The Hall–Kier alpha value is -2.13. The van der Waals surface area contributed by atoms with Crippen molar-refractivity contribution in [2.24, 2.45) is 0 Å². The Balaban J connectivity index is 1.53. The molecule has 23 heavy (non-hydrogen) atoms. The van der Waals surface area contributed by atoms with Gasteiger partial charge in [-0.1, -0.05) is 65.3 Å². The molecule has 3 nitrogen and oxygen atoms in total. The molecule has 1 aliphatic rings. The third-order valence-electron chi connectivity index (χ3n) is 4.47. The van der Waals surface area contributed by atoms with E-state index in [1.165, 1.54) is 5.56 Å². The number of rotatable bonds is 5. The fourth-order valence-electron chi connectivity index (χ4n) is 2.96. The molecule has 0 aliphatic heterocycles. The maximum absolute atomic E-state index is 6.20. The Kier molecular flexibility index (Phi) is 3.66. The first-order chi connectivity index (χ1) is 11.3. The quantitative estimate of drug-likeness (QED) is 0.689. The Morgan fingerprint density at radius 1 is 1.00 bits per heavy atom. The maximum Gasteiger partial charge on any atom is 0.233 e. The zero-order chi connectivity index (χ0) is 15.7. The number of hydrogen-bond acceptors (Lipinski definition) is 3. The fraction of sp³-hybridized carbons (Fsp3) is 0.263. The highest BCUT2D eigenvalue weighted by Crippen LogP contribution is 2.49. The van der Waals surface area contributed by atoms with Gasteiger partial charge in [0.05, 0.1) is 5.41 Å². The van der Waals surface area contributed by atoms with Gasteiger partial charge in [0.15, 0.2) is 5.82 Å². The van der Waals surface area contributed by atoms with Crippen LogP contribution in [0.5, 0.6) is 0 Å². The predicted molar refractivity (Wildman–Crippen MR) is 89.6 cm³/mol. The highest BCUT2D eigenvalue weighted by atomic mass is 35.5. The second-order valence-electron chi connectivity index (χ2n) is 6.23. The summed E-state index contributed by atoms with van der Waals surface area (Å²) in [4.78, 5) is 4.64. The van der Waals surface area contributed by atoms with Crippen molar-refractivity contribution >= 4 is 11.6 Å². The molecule has 1 saturated carbocycles. The topological polar surface area (TPSA) is 38.9 Å². The number of hydrogen-bond donors (Lipinski definition) is 0. The van der Waals surface area contributed by atoms with Crippen molar-refractivity contribution in [3.63, 3.8) is 0 Å². The lowest BCUT2D eigenvalue weighted by molar-refractivity contribution is 0.340. The minimum Gasteiger partial charge on any atom is -0.339 e. The van der Waals surface area contributed by atoms with Crippen molar-refractivity contribution < 1.29 is 4.52 Å². The van der Waals surface area contributed by atoms with E-state index in [1.54, 1.807) is 0 Å². The normalized spacial score (nSPS) is 15.5. The molecule has 0 atom stereocenters. The number of nitrogens with zero attached hydrogens (tertiary/aromatic N) is 2. The lowest BCUT2D eigenvalue weighted by Crippen LogP contribution is -2.11. The van der Waals surface area contributed by atoms with E-state index in [1.807, 2.05) is 30.3 Å². The molecule has 4 rings (SSSR count). The highest BCUT2D eigenvalue weighted by Gasteiger charge is 2.49. The molecule has 3 aromatic rings. The summed E-state index contributed by atoms with van der Waals surface area (Å²) in [5.74, 6) is 1.47. The molecule has 1 fully saturated rings. The number of halogens is 1. The fourth-order valence-corrected chi connectivity index (χ4v) is 3.16. The molecule has 1 aromatic heterocycles. The van der Waals surface area contributed by atoms with Gasteiger partial charge in [0.2, 0.25) is 5.89 Å². The molecule has 4 heteroatoms. The SMILES string of the molecule is Clc1ccccc1Cc1noc(C2(Cc3ccccc3)CC2)n1. The van der Waals surface area contributed by atoms with Crippen LogP contribution in [0.3, 0.4) is 0 Å². The summed E-state index contributed by atoms with van der Waals surface area (Å²) in [6, 6.07) is 18.3. The van der Waals surface area contributed by atoms with Gasteiger partial charge in [0.25, 0.3) is 0 Å². The molecule has 2 aromatic carbocycles. The van der Waals surface area contributed by atoms with Gasteiger partial charge in [-0.05, 0) is 36.5 Å². The minimum atomic E-state index is 0.0348. The average Bonchev–Trinajstić information content (AvgIpc) is 3.19. The summed E-state index contributed by atoms with van der Waals surface area (Å²) in [7, 11) is 0. The molecular formula is C19H17ClN2O. The summed E-state index contributed by atoms with van der Waals surface area (Å²) < 4.78 is 5.57. The first-order valence-electron chi connectivity index (χ1n) is 7.86. The van der Waals surface area contributed by atoms with Crippen LogP contribution in [-0.4, -0.2) is 10.1 Å². The molecule has 0 unspecified atom stereocenters. The first-order valence-corrected chi connectivity index (χ1v) is 8.23. The van der Waals surface area contributed by atoms with Crippen LogP contribution in [0.2, 0.25) is 5.02 Å². The average molecular weight is 325 g/mol. The van der Waals surface area contributed by atoms with Crippen LogP contribution in [0, 0.1) is 0 Å². The molecule has 0 bridgehead atoms. The van der Waals surface area contributed by atoms with Crippen molar-refractivity contribution in [2.75, 3.05) is 0 Å². The smallest absolute Gasteiger partial charge is 0.233 e. The van der Waals surface area contributed by atoms with Crippen molar-refractivity contribution in [1.82, 2.24) is 10.1 Å². The van der Waals surface area contributed by atoms with Gasteiger partial charge in [-0.15, -0.1) is 0 Å². The maximum atomic E-state index is 6.20. The van der Waals surface area contributed by atoms with Crippen LogP contribution < -0.4 is 0 Å². The van der Waals surface area contributed by atoms with Crippen molar-refractivity contribution in [2.45, 2.75) is 31.1 Å². The largest absolute Gasteiger partial charge is 0.339 e. The van der Waals surface area contributed by atoms with E-state index in [0.29, 0.717) is 12.2 Å². The molecular weight excluding hydrogens is 308 g/mol. The summed E-state index contributed by atoms with van der Waals surface area (Å²) >= 11 is 6.20. The lowest BCUT2D eigenvalue weighted by Gasteiger charge is -2.09. The lowest BCUT2D eigenvalue weighted by atomic mass is 9.96. The Bertz CT molecular complexity index is 809. The molecule has 1 heterocycles. The monoisotopic (exact) mass is 324 g/mol. The van der Waals surface area contributed by atoms with E-state index in [4.69, 9.17) is 16.1 Å². The van der Waals surface area contributed by atoms with E-state index in [2.05, 4.69) is 34.4 Å². The van der Waals surface area contributed by atoms with E-state index in [-0.39, 0.29) is 5.41 Å². The molecule has 0 spiro atoms. The van der Waals surface area contributed by atoms with Gasteiger partial charge in [-0.2, -0.15) is 4.98 Å². The van der Waals surface area contributed by atoms with E-state index >= 15 is 0 Å². The molecule has 1 aliphatic carbocycles.